The van der Waals surface area contributed by atoms with Crippen LogP contribution in [0, 0.1) is 0 Å². The Balaban J connectivity index is 1.37. The Bertz CT molecular complexity index is 1350. The third-order valence-electron chi connectivity index (χ3n) is 5.43. The van der Waals surface area contributed by atoms with Crippen LogP contribution in [0.2, 0.25) is 0 Å². The summed E-state index contributed by atoms with van der Waals surface area (Å²) in [6.45, 7) is 0.392. The van der Waals surface area contributed by atoms with Crippen LogP contribution in [0.5, 0.6) is 0 Å². The van der Waals surface area contributed by atoms with Gasteiger partial charge in [0.1, 0.15) is 0 Å². The Kier molecular flexibility index (Phi) is 6.04. The molecule has 1 amide bonds. The minimum Gasteiger partial charge on any atom is -0.352 e. The highest BCUT2D eigenvalue weighted by Gasteiger charge is 2.29. The van der Waals surface area contributed by atoms with Crippen LogP contribution in [0.4, 0.5) is 13.2 Å². The molecule has 0 saturated carbocycles. The quantitative estimate of drug-likeness (QED) is 0.426. The lowest BCUT2D eigenvalue weighted by Gasteiger charge is -2.09. The van der Waals surface area contributed by atoms with Gasteiger partial charge in [-0.3, -0.25) is 14.3 Å². The van der Waals surface area contributed by atoms with Gasteiger partial charge in [-0.05, 0) is 54.3 Å². The molecule has 0 atom stereocenters. The van der Waals surface area contributed by atoms with Gasteiger partial charge >= 0.3 is 11.9 Å². The summed E-state index contributed by atoms with van der Waals surface area (Å²) in [5.41, 5.74) is 3.05. The van der Waals surface area contributed by atoms with E-state index < -0.39 is 11.7 Å². The third-order valence-corrected chi connectivity index (χ3v) is 5.43. The van der Waals surface area contributed by atoms with Crippen molar-refractivity contribution < 1.29 is 18.0 Å². The number of amides is 1. The monoisotopic (exact) mass is 454 g/mol. The number of alkyl halides is 3. The number of nitrogens with one attached hydrogen (secondary N) is 2. The number of hydrogen-bond donors (Lipinski definition) is 2. The predicted molar refractivity (Wildman–Crippen MR) is 119 cm³/mol. The lowest BCUT2D eigenvalue weighted by atomic mass is 10.0. The van der Waals surface area contributed by atoms with E-state index in [9.17, 15) is 22.8 Å². The molecule has 170 valence electrons. The smallest absolute Gasteiger partial charge is 0.352 e. The number of aryl methyl sites for hydroxylation is 2. The van der Waals surface area contributed by atoms with Gasteiger partial charge in [0.15, 0.2) is 5.65 Å². The molecule has 9 heteroatoms. The van der Waals surface area contributed by atoms with E-state index in [1.165, 1.54) is 16.7 Å². The zero-order valence-corrected chi connectivity index (χ0v) is 17.7. The van der Waals surface area contributed by atoms with Crippen molar-refractivity contribution in [3.05, 3.63) is 88.0 Å². The molecule has 0 saturated heterocycles. The third kappa shape index (κ3) is 4.97. The summed E-state index contributed by atoms with van der Waals surface area (Å²) in [7, 11) is 1.65. The fourth-order valence-corrected chi connectivity index (χ4v) is 3.55. The van der Waals surface area contributed by atoms with Gasteiger partial charge in [-0.25, -0.2) is 9.78 Å². The molecular formula is C24H21F3N4O2. The standard InChI is InChI=1S/C24H21F3N4O2/c1-31-20-13-18(14-29-21(20)30-23(31)33)16-5-2-6-17(12-16)22(32)28-11-3-4-15-7-9-19(10-8-15)24(25,26)27/h2,5-10,12-14H,3-4,11H2,1H3,(H,28,32)(H,29,30,33). The number of carbonyl (C=O) groups excluding carboxylic acids is 1. The van der Waals surface area contributed by atoms with Crippen LogP contribution in [-0.2, 0) is 19.6 Å². The van der Waals surface area contributed by atoms with Crippen LogP contribution >= 0.6 is 0 Å². The molecule has 0 bridgehead atoms. The second kappa shape index (κ2) is 8.93. The topological polar surface area (TPSA) is 79.8 Å². The van der Waals surface area contributed by atoms with E-state index in [2.05, 4.69) is 15.3 Å². The number of rotatable bonds is 6. The molecule has 4 rings (SSSR count). The number of imidazole rings is 1. The van der Waals surface area contributed by atoms with Crippen LogP contribution in [0.1, 0.15) is 27.9 Å². The summed E-state index contributed by atoms with van der Waals surface area (Å²) in [4.78, 5) is 31.3. The minimum atomic E-state index is -4.35. The number of nitrogens with zero attached hydrogens (tertiary/aromatic N) is 2. The highest BCUT2D eigenvalue weighted by atomic mass is 19.4. The Labute approximate surface area is 187 Å². The van der Waals surface area contributed by atoms with Gasteiger partial charge in [0.25, 0.3) is 5.91 Å². The van der Waals surface area contributed by atoms with E-state index in [1.54, 1.807) is 31.4 Å². The number of fused-ring (bicyclic) bond motifs is 1. The van der Waals surface area contributed by atoms with Crippen molar-refractivity contribution >= 4 is 17.1 Å². The molecule has 0 aliphatic carbocycles. The first kappa shape index (κ1) is 22.3. The highest BCUT2D eigenvalue weighted by Crippen LogP contribution is 2.29. The summed E-state index contributed by atoms with van der Waals surface area (Å²) < 4.78 is 39.4. The number of aromatic nitrogens is 3. The normalized spacial score (nSPS) is 11.6. The van der Waals surface area contributed by atoms with Crippen LogP contribution in [0.3, 0.4) is 0 Å². The van der Waals surface area contributed by atoms with Gasteiger partial charge in [0.2, 0.25) is 0 Å². The molecule has 2 heterocycles. The first-order chi connectivity index (χ1) is 15.7. The molecule has 4 aromatic rings. The number of halogens is 3. The summed E-state index contributed by atoms with van der Waals surface area (Å²) in [5, 5.41) is 2.84. The molecule has 2 N–H and O–H groups in total. The van der Waals surface area contributed by atoms with Crippen molar-refractivity contribution in [1.29, 1.82) is 0 Å². The predicted octanol–water partition coefficient (Wildman–Crippen LogP) is 4.31. The van der Waals surface area contributed by atoms with E-state index in [4.69, 9.17) is 0 Å². The maximum Gasteiger partial charge on any atom is 0.416 e. The maximum absolute atomic E-state index is 12.6. The summed E-state index contributed by atoms with van der Waals surface area (Å²) >= 11 is 0. The van der Waals surface area contributed by atoms with Crippen molar-refractivity contribution in [1.82, 2.24) is 19.9 Å². The molecule has 33 heavy (non-hydrogen) atoms. The van der Waals surface area contributed by atoms with Crippen LogP contribution in [0.25, 0.3) is 22.3 Å². The molecule has 0 radical (unpaired) electrons. The molecule has 6 nitrogen and oxygen atoms in total. The number of pyridine rings is 1. The molecule has 0 aliphatic rings. The molecule has 0 fully saturated rings. The molecular weight excluding hydrogens is 433 g/mol. The van der Waals surface area contributed by atoms with Crippen molar-refractivity contribution in [2.24, 2.45) is 7.05 Å². The molecule has 2 aromatic carbocycles. The van der Waals surface area contributed by atoms with Crippen molar-refractivity contribution in [3.63, 3.8) is 0 Å². The van der Waals surface area contributed by atoms with E-state index in [0.717, 1.165) is 28.8 Å². The zero-order chi connectivity index (χ0) is 23.6. The molecule has 0 spiro atoms. The van der Waals surface area contributed by atoms with Crippen LogP contribution < -0.4 is 11.0 Å². The summed E-state index contributed by atoms with van der Waals surface area (Å²) in [6.07, 6.45) is -1.56. The van der Waals surface area contributed by atoms with Crippen molar-refractivity contribution in [2.45, 2.75) is 19.0 Å². The fraction of sp³-hybridized carbons (Fsp3) is 0.208. The number of carbonyl (C=O) groups is 1. The SMILES string of the molecule is Cn1c(=O)[nH]c2ncc(-c3cccc(C(=O)NCCCc4ccc(C(F)(F)F)cc4)c3)cc21. The molecule has 0 aliphatic heterocycles. The Morgan fingerprint density at radius 1 is 1.09 bits per heavy atom. The van der Waals surface area contributed by atoms with Gasteiger partial charge in [-0.15, -0.1) is 0 Å². The zero-order valence-electron chi connectivity index (χ0n) is 17.7. The first-order valence-corrected chi connectivity index (χ1v) is 10.3. The number of aromatic amines is 1. The van der Waals surface area contributed by atoms with Gasteiger partial charge in [-0.2, -0.15) is 13.2 Å². The summed E-state index contributed by atoms with van der Waals surface area (Å²) in [6, 6.07) is 14.0. The number of benzene rings is 2. The van der Waals surface area contributed by atoms with E-state index in [1.807, 2.05) is 12.1 Å². The largest absolute Gasteiger partial charge is 0.416 e. The van der Waals surface area contributed by atoms with E-state index in [-0.39, 0.29) is 11.6 Å². The van der Waals surface area contributed by atoms with Gasteiger partial charge in [-0.1, -0.05) is 24.3 Å². The average molecular weight is 454 g/mol. The maximum atomic E-state index is 12.6. The number of H-pyrrole nitrogens is 1. The Morgan fingerprint density at radius 2 is 1.85 bits per heavy atom. The average Bonchev–Trinajstić information content (AvgIpc) is 3.09. The van der Waals surface area contributed by atoms with Gasteiger partial charge in [0, 0.05) is 30.9 Å². The second-order valence-electron chi connectivity index (χ2n) is 7.72. The van der Waals surface area contributed by atoms with Crippen LogP contribution in [0.15, 0.2) is 65.6 Å². The lowest BCUT2D eigenvalue weighted by molar-refractivity contribution is -0.137. The first-order valence-electron chi connectivity index (χ1n) is 10.3. The second-order valence-corrected chi connectivity index (χ2v) is 7.72. The Morgan fingerprint density at radius 3 is 2.58 bits per heavy atom. The lowest BCUT2D eigenvalue weighted by Crippen LogP contribution is -2.24. The molecule has 2 aromatic heterocycles. The van der Waals surface area contributed by atoms with E-state index >= 15 is 0 Å². The van der Waals surface area contributed by atoms with Crippen molar-refractivity contribution in [3.8, 4) is 11.1 Å². The van der Waals surface area contributed by atoms with Gasteiger partial charge < -0.3 is 5.32 Å². The molecule has 0 unspecified atom stereocenters. The van der Waals surface area contributed by atoms with Gasteiger partial charge in [0.05, 0.1) is 11.1 Å². The fourth-order valence-electron chi connectivity index (χ4n) is 3.55. The number of hydrogen-bond acceptors (Lipinski definition) is 3. The van der Waals surface area contributed by atoms with Crippen molar-refractivity contribution in [2.75, 3.05) is 6.54 Å². The minimum absolute atomic E-state index is 0.243. The van der Waals surface area contributed by atoms with E-state index in [0.29, 0.717) is 36.1 Å². The Hall–Kier alpha value is -3.88. The van der Waals surface area contributed by atoms with Crippen LogP contribution in [-0.4, -0.2) is 27.0 Å². The highest BCUT2D eigenvalue weighted by molar-refractivity contribution is 5.95. The summed E-state index contributed by atoms with van der Waals surface area (Å²) in [5.74, 6) is -0.243.